The highest BCUT2D eigenvalue weighted by atomic mass is 19.1. The van der Waals surface area contributed by atoms with Gasteiger partial charge in [0.2, 0.25) is 0 Å². The predicted molar refractivity (Wildman–Crippen MR) is 81.7 cm³/mol. The zero-order valence-electron chi connectivity index (χ0n) is 12.0. The second kappa shape index (κ2) is 7.56. The number of hydrazine groups is 1. The normalized spacial score (nSPS) is 9.57. The topological polar surface area (TPSA) is 94.0 Å². The Morgan fingerprint density at radius 1 is 1.00 bits per heavy atom. The number of nitrogens with zero attached hydrogens (tertiary/aromatic N) is 1. The summed E-state index contributed by atoms with van der Waals surface area (Å²) in [4.78, 5) is 23.3. The van der Waals surface area contributed by atoms with Gasteiger partial charge in [-0.05, 0) is 48.5 Å². The Labute approximate surface area is 131 Å². The largest absolute Gasteiger partial charge is 0.376 e. The molecular formula is C16H13FN4O2. The van der Waals surface area contributed by atoms with Gasteiger partial charge in [-0.1, -0.05) is 0 Å². The minimum absolute atomic E-state index is 0.0599. The van der Waals surface area contributed by atoms with Crippen molar-refractivity contribution in [1.82, 2.24) is 10.9 Å². The molecule has 0 unspecified atom stereocenters. The van der Waals surface area contributed by atoms with Gasteiger partial charge in [-0.3, -0.25) is 20.4 Å². The van der Waals surface area contributed by atoms with Crippen molar-refractivity contribution in [3.63, 3.8) is 0 Å². The third-order valence-corrected chi connectivity index (χ3v) is 2.89. The number of hydrogen-bond donors (Lipinski definition) is 3. The molecule has 0 aliphatic rings. The SMILES string of the molecule is N#Cc1ccc(NCC(=O)NNC(=O)c2ccc(F)cc2)cc1. The Kier molecular flexibility index (Phi) is 5.25. The van der Waals surface area contributed by atoms with Gasteiger partial charge >= 0.3 is 0 Å². The molecule has 0 atom stereocenters. The van der Waals surface area contributed by atoms with Crippen LogP contribution in [0.3, 0.4) is 0 Å². The smallest absolute Gasteiger partial charge is 0.269 e. The van der Waals surface area contributed by atoms with E-state index in [9.17, 15) is 14.0 Å². The van der Waals surface area contributed by atoms with E-state index in [2.05, 4.69) is 16.2 Å². The summed E-state index contributed by atoms with van der Waals surface area (Å²) in [7, 11) is 0. The van der Waals surface area contributed by atoms with E-state index in [1.165, 1.54) is 12.1 Å². The van der Waals surface area contributed by atoms with E-state index in [1.54, 1.807) is 24.3 Å². The lowest BCUT2D eigenvalue weighted by Gasteiger charge is -2.09. The van der Waals surface area contributed by atoms with Crippen molar-refractivity contribution >= 4 is 17.5 Å². The molecule has 7 heteroatoms. The maximum absolute atomic E-state index is 12.7. The first kappa shape index (κ1) is 16.0. The standard InChI is InChI=1S/C16H13FN4O2/c17-13-5-3-12(4-6-13)16(23)21-20-15(22)10-19-14-7-1-11(9-18)2-8-14/h1-8,19H,10H2,(H,20,22)(H,21,23). The molecule has 6 nitrogen and oxygen atoms in total. The second-order valence-electron chi connectivity index (χ2n) is 4.55. The van der Waals surface area contributed by atoms with Crippen LogP contribution >= 0.6 is 0 Å². The van der Waals surface area contributed by atoms with Gasteiger partial charge in [-0.15, -0.1) is 0 Å². The first-order valence-electron chi connectivity index (χ1n) is 6.67. The molecule has 116 valence electrons. The van der Waals surface area contributed by atoms with E-state index in [1.807, 2.05) is 6.07 Å². The van der Waals surface area contributed by atoms with Crippen LogP contribution in [0.1, 0.15) is 15.9 Å². The van der Waals surface area contributed by atoms with E-state index in [0.717, 1.165) is 12.1 Å². The van der Waals surface area contributed by atoms with Gasteiger partial charge in [-0.25, -0.2) is 4.39 Å². The van der Waals surface area contributed by atoms with Gasteiger partial charge in [0.25, 0.3) is 11.8 Å². The highest BCUT2D eigenvalue weighted by molar-refractivity contribution is 5.95. The number of carbonyl (C=O) groups is 2. The van der Waals surface area contributed by atoms with Crippen LogP contribution in [0.25, 0.3) is 0 Å². The first-order valence-corrected chi connectivity index (χ1v) is 6.67. The van der Waals surface area contributed by atoms with Gasteiger partial charge in [0.15, 0.2) is 0 Å². The van der Waals surface area contributed by atoms with Crippen LogP contribution in [-0.4, -0.2) is 18.4 Å². The lowest BCUT2D eigenvalue weighted by Crippen LogP contribution is -2.44. The highest BCUT2D eigenvalue weighted by Crippen LogP contribution is 2.07. The Morgan fingerprint density at radius 3 is 2.26 bits per heavy atom. The van der Waals surface area contributed by atoms with Crippen molar-refractivity contribution < 1.29 is 14.0 Å². The van der Waals surface area contributed by atoms with Crippen LogP contribution in [0.5, 0.6) is 0 Å². The maximum atomic E-state index is 12.7. The van der Waals surface area contributed by atoms with Gasteiger partial charge in [0.05, 0.1) is 18.2 Å². The summed E-state index contributed by atoms with van der Waals surface area (Å²) in [5.74, 6) is -1.45. The number of amides is 2. The minimum atomic E-state index is -0.545. The Hall–Kier alpha value is -3.40. The van der Waals surface area contributed by atoms with Crippen molar-refractivity contribution in [2.45, 2.75) is 0 Å². The number of carbonyl (C=O) groups excluding carboxylic acids is 2. The van der Waals surface area contributed by atoms with Crippen LogP contribution in [-0.2, 0) is 4.79 Å². The summed E-state index contributed by atoms with van der Waals surface area (Å²) in [6.45, 7) is -0.0599. The monoisotopic (exact) mass is 312 g/mol. The summed E-state index contributed by atoms with van der Waals surface area (Å²) in [5, 5.41) is 11.5. The van der Waals surface area contributed by atoms with Gasteiger partial charge in [-0.2, -0.15) is 5.26 Å². The fraction of sp³-hybridized carbons (Fsp3) is 0.0625. The van der Waals surface area contributed by atoms with E-state index in [-0.39, 0.29) is 12.1 Å². The molecule has 2 rings (SSSR count). The van der Waals surface area contributed by atoms with Crippen molar-refractivity contribution in [1.29, 1.82) is 5.26 Å². The zero-order chi connectivity index (χ0) is 16.7. The highest BCUT2D eigenvalue weighted by Gasteiger charge is 2.07. The molecule has 0 aliphatic carbocycles. The van der Waals surface area contributed by atoms with E-state index in [4.69, 9.17) is 5.26 Å². The molecular weight excluding hydrogens is 299 g/mol. The molecule has 0 aromatic heterocycles. The van der Waals surface area contributed by atoms with Crippen LogP contribution in [0.2, 0.25) is 0 Å². The molecule has 23 heavy (non-hydrogen) atoms. The van der Waals surface area contributed by atoms with E-state index >= 15 is 0 Å². The number of rotatable bonds is 4. The second-order valence-corrected chi connectivity index (χ2v) is 4.55. The van der Waals surface area contributed by atoms with Crippen molar-refractivity contribution in [2.75, 3.05) is 11.9 Å². The molecule has 2 aromatic rings. The van der Waals surface area contributed by atoms with Crippen molar-refractivity contribution in [3.05, 3.63) is 65.5 Å². The average molecular weight is 312 g/mol. The maximum Gasteiger partial charge on any atom is 0.269 e. The summed E-state index contributed by atoms with van der Waals surface area (Å²) < 4.78 is 12.7. The number of anilines is 1. The number of nitriles is 1. The van der Waals surface area contributed by atoms with Gasteiger partial charge < -0.3 is 5.32 Å². The third-order valence-electron chi connectivity index (χ3n) is 2.89. The van der Waals surface area contributed by atoms with E-state index in [0.29, 0.717) is 11.3 Å². The van der Waals surface area contributed by atoms with Crippen LogP contribution in [0.15, 0.2) is 48.5 Å². The lowest BCUT2D eigenvalue weighted by atomic mass is 10.2. The van der Waals surface area contributed by atoms with Crippen molar-refractivity contribution in [3.8, 4) is 6.07 Å². The van der Waals surface area contributed by atoms with Gasteiger partial charge in [0, 0.05) is 11.3 Å². The van der Waals surface area contributed by atoms with Crippen molar-refractivity contribution in [2.24, 2.45) is 0 Å². The Bertz CT molecular complexity index is 736. The predicted octanol–water partition coefficient (Wildman–Crippen LogP) is 1.57. The molecule has 0 heterocycles. The molecule has 0 spiro atoms. The summed E-state index contributed by atoms with van der Waals surface area (Å²) >= 11 is 0. The van der Waals surface area contributed by atoms with Crippen LogP contribution < -0.4 is 16.2 Å². The van der Waals surface area contributed by atoms with Crippen LogP contribution in [0.4, 0.5) is 10.1 Å². The zero-order valence-corrected chi connectivity index (χ0v) is 12.0. The molecule has 2 aromatic carbocycles. The van der Waals surface area contributed by atoms with Gasteiger partial charge in [0.1, 0.15) is 5.82 Å². The fourth-order valence-corrected chi connectivity index (χ4v) is 1.69. The third kappa shape index (κ3) is 4.82. The number of nitrogens with one attached hydrogen (secondary N) is 3. The number of benzene rings is 2. The fourth-order valence-electron chi connectivity index (χ4n) is 1.69. The first-order chi connectivity index (χ1) is 11.1. The average Bonchev–Trinajstić information content (AvgIpc) is 2.59. The summed E-state index contributed by atoms with van der Waals surface area (Å²) in [6.07, 6.45) is 0. The quantitative estimate of drug-likeness (QED) is 0.747. The minimum Gasteiger partial charge on any atom is -0.376 e. The summed E-state index contributed by atoms with van der Waals surface area (Å²) in [5.41, 5.74) is 5.89. The molecule has 0 saturated carbocycles. The molecule has 3 N–H and O–H groups in total. The van der Waals surface area contributed by atoms with Crippen LogP contribution in [0, 0.1) is 17.1 Å². The number of hydrogen-bond acceptors (Lipinski definition) is 4. The molecule has 0 bridgehead atoms. The number of halogens is 1. The molecule has 0 radical (unpaired) electrons. The molecule has 0 fully saturated rings. The summed E-state index contributed by atoms with van der Waals surface area (Å²) in [6, 6.07) is 13.5. The Morgan fingerprint density at radius 2 is 1.65 bits per heavy atom. The molecule has 0 saturated heterocycles. The molecule has 0 aliphatic heterocycles. The Balaban J connectivity index is 1.77. The van der Waals surface area contributed by atoms with E-state index < -0.39 is 17.6 Å². The lowest BCUT2D eigenvalue weighted by molar-refractivity contribution is -0.120. The molecule has 2 amide bonds.